The Labute approximate surface area is 92.5 Å². The second kappa shape index (κ2) is 4.43. The summed E-state index contributed by atoms with van der Waals surface area (Å²) in [6, 6.07) is 6.31. The molecule has 0 aromatic heterocycles. The minimum atomic E-state index is 0.262. The van der Waals surface area contributed by atoms with E-state index < -0.39 is 0 Å². The maximum absolute atomic E-state index is 8.97. The van der Waals surface area contributed by atoms with Gasteiger partial charge >= 0.3 is 0 Å². The lowest BCUT2D eigenvalue weighted by Crippen LogP contribution is -2.29. The number of rotatable bonds is 2. The summed E-state index contributed by atoms with van der Waals surface area (Å²) >= 11 is 3.56. The van der Waals surface area contributed by atoms with Crippen molar-refractivity contribution < 1.29 is 5.11 Å². The summed E-state index contributed by atoms with van der Waals surface area (Å²) in [6.07, 6.45) is 0.844. The zero-order valence-corrected chi connectivity index (χ0v) is 9.55. The molecule has 2 nitrogen and oxygen atoms in total. The highest BCUT2D eigenvalue weighted by Crippen LogP contribution is 2.30. The van der Waals surface area contributed by atoms with Gasteiger partial charge in [0.05, 0.1) is 0 Å². The van der Waals surface area contributed by atoms with Gasteiger partial charge in [-0.1, -0.05) is 28.1 Å². The number of aliphatic hydroxyl groups excluding tert-OH is 1. The fraction of sp³-hybridized carbons (Fsp3) is 0.455. The molecule has 0 saturated carbocycles. The van der Waals surface area contributed by atoms with E-state index >= 15 is 0 Å². The van der Waals surface area contributed by atoms with Gasteiger partial charge in [-0.2, -0.15) is 0 Å². The number of aliphatic hydroxyl groups is 1. The molecule has 2 rings (SSSR count). The molecule has 1 aromatic carbocycles. The smallest absolute Gasteiger partial charge is 0.0437 e. The lowest BCUT2D eigenvalue weighted by molar-refractivity contribution is 0.271. The first-order chi connectivity index (χ1) is 6.83. The SMILES string of the molecule is OCCC1CNCc2c(Br)cccc21. The topological polar surface area (TPSA) is 32.3 Å². The van der Waals surface area contributed by atoms with Crippen molar-refractivity contribution >= 4 is 15.9 Å². The molecule has 0 bridgehead atoms. The van der Waals surface area contributed by atoms with Crippen LogP contribution in [0.4, 0.5) is 0 Å². The first-order valence-corrected chi connectivity index (χ1v) is 5.71. The molecule has 1 atom stereocenters. The van der Waals surface area contributed by atoms with Gasteiger partial charge < -0.3 is 10.4 Å². The summed E-state index contributed by atoms with van der Waals surface area (Å²) in [5, 5.41) is 12.3. The van der Waals surface area contributed by atoms with Gasteiger partial charge in [0.1, 0.15) is 0 Å². The molecule has 1 aromatic rings. The van der Waals surface area contributed by atoms with Crippen molar-refractivity contribution in [3.63, 3.8) is 0 Å². The van der Waals surface area contributed by atoms with E-state index in [2.05, 4.69) is 39.4 Å². The Kier molecular flexibility index (Phi) is 3.21. The third-order valence-electron chi connectivity index (χ3n) is 2.76. The second-order valence-electron chi connectivity index (χ2n) is 3.65. The van der Waals surface area contributed by atoms with Crippen molar-refractivity contribution in [2.45, 2.75) is 18.9 Å². The van der Waals surface area contributed by atoms with Gasteiger partial charge in [0.25, 0.3) is 0 Å². The van der Waals surface area contributed by atoms with E-state index in [1.165, 1.54) is 15.6 Å². The summed E-state index contributed by atoms with van der Waals surface area (Å²) in [6.45, 7) is 2.17. The van der Waals surface area contributed by atoms with Crippen molar-refractivity contribution in [1.29, 1.82) is 0 Å². The standard InChI is InChI=1S/C11H14BrNO/c12-11-3-1-2-9-8(4-5-14)6-13-7-10(9)11/h1-3,8,13-14H,4-7H2. The van der Waals surface area contributed by atoms with Gasteiger partial charge in [-0.15, -0.1) is 0 Å². The Hall–Kier alpha value is -0.380. The van der Waals surface area contributed by atoms with Crippen LogP contribution in [-0.2, 0) is 6.54 Å². The zero-order valence-electron chi connectivity index (χ0n) is 7.96. The molecule has 0 aliphatic carbocycles. The molecule has 0 amide bonds. The molecule has 1 heterocycles. The number of fused-ring (bicyclic) bond motifs is 1. The normalized spacial score (nSPS) is 20.6. The van der Waals surface area contributed by atoms with Gasteiger partial charge in [0.2, 0.25) is 0 Å². The average Bonchev–Trinajstić information content (AvgIpc) is 2.20. The molecule has 0 radical (unpaired) electrons. The van der Waals surface area contributed by atoms with Crippen molar-refractivity contribution in [2.75, 3.05) is 13.2 Å². The van der Waals surface area contributed by atoms with Gasteiger partial charge in [-0.3, -0.25) is 0 Å². The van der Waals surface area contributed by atoms with Crippen LogP contribution >= 0.6 is 15.9 Å². The molecule has 0 saturated heterocycles. The molecule has 1 aliphatic heterocycles. The second-order valence-corrected chi connectivity index (χ2v) is 4.50. The van der Waals surface area contributed by atoms with Crippen LogP contribution in [0.2, 0.25) is 0 Å². The van der Waals surface area contributed by atoms with E-state index in [1.54, 1.807) is 0 Å². The Morgan fingerprint density at radius 3 is 3.14 bits per heavy atom. The van der Waals surface area contributed by atoms with Crippen LogP contribution in [-0.4, -0.2) is 18.3 Å². The van der Waals surface area contributed by atoms with Crippen molar-refractivity contribution in [3.8, 4) is 0 Å². The largest absolute Gasteiger partial charge is 0.396 e. The Morgan fingerprint density at radius 1 is 1.50 bits per heavy atom. The molecular weight excluding hydrogens is 242 g/mol. The van der Waals surface area contributed by atoms with E-state index in [1.807, 2.05) is 0 Å². The van der Waals surface area contributed by atoms with E-state index in [4.69, 9.17) is 5.11 Å². The monoisotopic (exact) mass is 255 g/mol. The first kappa shape index (κ1) is 10.1. The third kappa shape index (κ3) is 1.85. The van der Waals surface area contributed by atoms with Gasteiger partial charge in [0.15, 0.2) is 0 Å². The fourth-order valence-corrected chi connectivity index (χ4v) is 2.56. The lowest BCUT2D eigenvalue weighted by atomic mass is 9.89. The van der Waals surface area contributed by atoms with E-state index in [0.717, 1.165) is 19.5 Å². The first-order valence-electron chi connectivity index (χ1n) is 4.92. The maximum atomic E-state index is 8.97. The van der Waals surface area contributed by atoms with Crippen LogP contribution in [0.5, 0.6) is 0 Å². The van der Waals surface area contributed by atoms with Gasteiger partial charge in [-0.05, 0) is 29.5 Å². The number of hydrogen-bond acceptors (Lipinski definition) is 2. The molecule has 0 fully saturated rings. The van der Waals surface area contributed by atoms with Crippen molar-refractivity contribution in [2.24, 2.45) is 0 Å². The molecule has 2 N–H and O–H groups in total. The molecule has 76 valence electrons. The third-order valence-corrected chi connectivity index (χ3v) is 3.51. The summed E-state index contributed by atoms with van der Waals surface area (Å²) in [7, 11) is 0. The molecule has 0 spiro atoms. The Balaban J connectivity index is 2.34. The van der Waals surface area contributed by atoms with E-state index in [9.17, 15) is 0 Å². The highest BCUT2D eigenvalue weighted by Gasteiger charge is 2.20. The number of halogens is 1. The van der Waals surface area contributed by atoms with Crippen LogP contribution in [0.3, 0.4) is 0 Å². The van der Waals surface area contributed by atoms with Crippen LogP contribution in [0.1, 0.15) is 23.5 Å². The summed E-state index contributed by atoms with van der Waals surface area (Å²) in [4.78, 5) is 0. The molecule has 14 heavy (non-hydrogen) atoms. The average molecular weight is 256 g/mol. The summed E-state index contributed by atoms with van der Waals surface area (Å²) in [5.74, 6) is 0.459. The molecule has 1 aliphatic rings. The fourth-order valence-electron chi connectivity index (χ4n) is 2.04. The molecule has 3 heteroatoms. The number of hydrogen-bond donors (Lipinski definition) is 2. The van der Waals surface area contributed by atoms with Crippen molar-refractivity contribution in [3.05, 3.63) is 33.8 Å². The van der Waals surface area contributed by atoms with Crippen LogP contribution in [0, 0.1) is 0 Å². The maximum Gasteiger partial charge on any atom is 0.0437 e. The Morgan fingerprint density at radius 2 is 2.36 bits per heavy atom. The highest BCUT2D eigenvalue weighted by molar-refractivity contribution is 9.10. The highest BCUT2D eigenvalue weighted by atomic mass is 79.9. The van der Waals surface area contributed by atoms with E-state index in [-0.39, 0.29) is 6.61 Å². The molecule has 1 unspecified atom stereocenters. The lowest BCUT2D eigenvalue weighted by Gasteiger charge is -2.26. The van der Waals surface area contributed by atoms with Gasteiger partial charge in [-0.25, -0.2) is 0 Å². The summed E-state index contributed by atoms with van der Waals surface area (Å²) in [5.41, 5.74) is 2.73. The van der Waals surface area contributed by atoms with Crippen LogP contribution in [0.15, 0.2) is 22.7 Å². The van der Waals surface area contributed by atoms with Gasteiger partial charge in [0, 0.05) is 24.2 Å². The quantitative estimate of drug-likeness (QED) is 0.848. The predicted octanol–water partition coefficient (Wildman–Crippen LogP) is 2.02. The minimum Gasteiger partial charge on any atom is -0.396 e. The Bertz CT molecular complexity index is 327. The van der Waals surface area contributed by atoms with Crippen LogP contribution < -0.4 is 5.32 Å². The van der Waals surface area contributed by atoms with Crippen molar-refractivity contribution in [1.82, 2.24) is 5.32 Å². The number of benzene rings is 1. The molecular formula is C11H14BrNO. The minimum absolute atomic E-state index is 0.262. The van der Waals surface area contributed by atoms with Crippen LogP contribution in [0.25, 0.3) is 0 Å². The van der Waals surface area contributed by atoms with E-state index in [0.29, 0.717) is 5.92 Å². The number of nitrogens with one attached hydrogen (secondary N) is 1. The zero-order chi connectivity index (χ0) is 9.97. The predicted molar refractivity (Wildman–Crippen MR) is 60.3 cm³/mol. The summed E-state index contributed by atoms with van der Waals surface area (Å²) < 4.78 is 1.17.